The van der Waals surface area contributed by atoms with Crippen molar-refractivity contribution < 1.29 is 4.74 Å². The molecule has 0 saturated carbocycles. The van der Waals surface area contributed by atoms with E-state index < -0.39 is 0 Å². The van der Waals surface area contributed by atoms with E-state index in [-0.39, 0.29) is 6.23 Å². The van der Waals surface area contributed by atoms with Crippen LogP contribution in [0, 0.1) is 0 Å². The minimum atomic E-state index is 0.0661. The monoisotopic (exact) mass is 311 g/mol. The summed E-state index contributed by atoms with van der Waals surface area (Å²) in [4.78, 5) is 0. The lowest BCUT2D eigenvalue weighted by Gasteiger charge is -2.03. The molecule has 0 bridgehead atoms. The SMILES string of the molecule is CCCCCCCCCCCCCCCCCCC1O[C@H]1N. The lowest BCUT2D eigenvalue weighted by molar-refractivity contribution is 0.360. The minimum Gasteiger partial charge on any atom is -0.353 e. The standard InChI is InChI=1S/C20H41NO/c1-2-3-4-5-6-7-8-9-10-11-12-13-14-15-16-17-18-19-20(21)22-19/h19-20H,2-18,21H2,1H3/t19?,20-/m1/s1. The highest BCUT2D eigenvalue weighted by Crippen LogP contribution is 2.23. The topological polar surface area (TPSA) is 38.5 Å². The summed E-state index contributed by atoms with van der Waals surface area (Å²) in [7, 11) is 0. The molecule has 0 spiro atoms. The molecule has 22 heavy (non-hydrogen) atoms. The van der Waals surface area contributed by atoms with Crippen molar-refractivity contribution in [3.63, 3.8) is 0 Å². The van der Waals surface area contributed by atoms with Crippen LogP contribution in [0.15, 0.2) is 0 Å². The first-order valence-electron chi connectivity index (χ1n) is 10.3. The van der Waals surface area contributed by atoms with Gasteiger partial charge < -0.3 is 10.5 Å². The van der Waals surface area contributed by atoms with E-state index in [0.29, 0.717) is 6.10 Å². The van der Waals surface area contributed by atoms with Crippen molar-refractivity contribution in [2.24, 2.45) is 5.73 Å². The molecule has 132 valence electrons. The van der Waals surface area contributed by atoms with E-state index in [1.54, 1.807) is 0 Å². The van der Waals surface area contributed by atoms with E-state index in [0.717, 1.165) is 0 Å². The third-order valence-corrected chi connectivity index (χ3v) is 4.96. The van der Waals surface area contributed by atoms with Gasteiger partial charge in [0.05, 0.1) is 6.10 Å². The Bertz CT molecular complexity index is 232. The summed E-state index contributed by atoms with van der Waals surface area (Å²) in [6.45, 7) is 2.29. The summed E-state index contributed by atoms with van der Waals surface area (Å²) in [5.41, 5.74) is 5.61. The molecule has 1 aliphatic heterocycles. The van der Waals surface area contributed by atoms with Gasteiger partial charge in [0.1, 0.15) is 6.23 Å². The van der Waals surface area contributed by atoms with E-state index >= 15 is 0 Å². The number of ether oxygens (including phenoxy) is 1. The number of epoxide rings is 1. The van der Waals surface area contributed by atoms with Crippen LogP contribution in [0.1, 0.15) is 116 Å². The molecule has 1 saturated heterocycles. The Morgan fingerprint density at radius 3 is 1.23 bits per heavy atom. The Morgan fingerprint density at radius 1 is 0.591 bits per heavy atom. The van der Waals surface area contributed by atoms with Gasteiger partial charge in [0.15, 0.2) is 0 Å². The molecule has 0 amide bonds. The van der Waals surface area contributed by atoms with Crippen molar-refractivity contribution in [1.82, 2.24) is 0 Å². The number of unbranched alkanes of at least 4 members (excludes halogenated alkanes) is 15. The summed E-state index contributed by atoms with van der Waals surface area (Å²) < 4.78 is 5.22. The number of rotatable bonds is 17. The second-order valence-corrected chi connectivity index (χ2v) is 7.23. The van der Waals surface area contributed by atoms with Gasteiger partial charge in [0.2, 0.25) is 0 Å². The summed E-state index contributed by atoms with van der Waals surface area (Å²) in [5.74, 6) is 0. The van der Waals surface area contributed by atoms with Crippen LogP contribution in [0.4, 0.5) is 0 Å². The summed E-state index contributed by atoms with van der Waals surface area (Å²) in [6, 6.07) is 0. The van der Waals surface area contributed by atoms with Crippen LogP contribution in [-0.2, 0) is 4.74 Å². The summed E-state index contributed by atoms with van der Waals surface area (Å²) in [5, 5.41) is 0. The second kappa shape index (κ2) is 14.5. The predicted octanol–water partition coefficient (Wildman–Crippen LogP) is 6.32. The van der Waals surface area contributed by atoms with Crippen LogP contribution in [0.3, 0.4) is 0 Å². The van der Waals surface area contributed by atoms with Crippen molar-refractivity contribution >= 4 is 0 Å². The predicted molar refractivity (Wildman–Crippen MR) is 97.0 cm³/mol. The van der Waals surface area contributed by atoms with E-state index in [2.05, 4.69) is 6.92 Å². The molecule has 1 unspecified atom stereocenters. The van der Waals surface area contributed by atoms with Crippen LogP contribution in [0.25, 0.3) is 0 Å². The van der Waals surface area contributed by atoms with Gasteiger partial charge in [-0.2, -0.15) is 0 Å². The highest BCUT2D eigenvalue weighted by atomic mass is 16.6. The highest BCUT2D eigenvalue weighted by Gasteiger charge is 2.33. The Hall–Kier alpha value is -0.0800. The van der Waals surface area contributed by atoms with Gasteiger partial charge in [-0.3, -0.25) is 0 Å². The molecule has 0 aromatic heterocycles. The molecule has 2 heteroatoms. The van der Waals surface area contributed by atoms with Gasteiger partial charge >= 0.3 is 0 Å². The van der Waals surface area contributed by atoms with E-state index in [1.807, 2.05) is 0 Å². The fourth-order valence-corrected chi connectivity index (χ4v) is 3.28. The van der Waals surface area contributed by atoms with Crippen molar-refractivity contribution in [1.29, 1.82) is 0 Å². The summed E-state index contributed by atoms with van der Waals surface area (Å²) >= 11 is 0. The van der Waals surface area contributed by atoms with Crippen molar-refractivity contribution in [2.45, 2.75) is 128 Å². The number of hydrogen-bond acceptors (Lipinski definition) is 2. The first kappa shape index (κ1) is 20.0. The first-order valence-corrected chi connectivity index (χ1v) is 10.3. The van der Waals surface area contributed by atoms with Crippen molar-refractivity contribution in [3.8, 4) is 0 Å². The molecular formula is C20H41NO. The van der Waals surface area contributed by atoms with Crippen LogP contribution >= 0.6 is 0 Å². The Balaban J connectivity index is 1.61. The molecule has 1 fully saturated rings. The van der Waals surface area contributed by atoms with Crippen molar-refractivity contribution in [3.05, 3.63) is 0 Å². The van der Waals surface area contributed by atoms with E-state index in [1.165, 1.54) is 109 Å². The number of hydrogen-bond donors (Lipinski definition) is 1. The molecule has 0 radical (unpaired) electrons. The Labute approximate surface area is 139 Å². The largest absolute Gasteiger partial charge is 0.353 e. The Kier molecular flexibility index (Phi) is 13.2. The van der Waals surface area contributed by atoms with Gasteiger partial charge in [-0.05, 0) is 6.42 Å². The third-order valence-electron chi connectivity index (χ3n) is 4.96. The fourth-order valence-electron chi connectivity index (χ4n) is 3.28. The normalized spacial score (nSPS) is 20.5. The molecule has 1 aliphatic rings. The smallest absolute Gasteiger partial charge is 0.132 e. The van der Waals surface area contributed by atoms with Gasteiger partial charge in [0.25, 0.3) is 0 Å². The van der Waals surface area contributed by atoms with Crippen LogP contribution in [0.5, 0.6) is 0 Å². The average molecular weight is 312 g/mol. The number of nitrogens with two attached hydrogens (primary N) is 1. The zero-order valence-corrected chi connectivity index (χ0v) is 15.2. The van der Waals surface area contributed by atoms with Gasteiger partial charge in [0, 0.05) is 0 Å². The lowest BCUT2D eigenvalue weighted by atomic mass is 10.0. The van der Waals surface area contributed by atoms with Gasteiger partial charge in [-0.15, -0.1) is 0 Å². The van der Waals surface area contributed by atoms with Crippen LogP contribution in [0.2, 0.25) is 0 Å². The minimum absolute atomic E-state index is 0.0661. The zero-order chi connectivity index (χ0) is 15.9. The van der Waals surface area contributed by atoms with Crippen LogP contribution < -0.4 is 5.73 Å². The molecule has 1 rings (SSSR count). The quantitative estimate of drug-likeness (QED) is 0.252. The Morgan fingerprint density at radius 2 is 0.909 bits per heavy atom. The first-order chi connectivity index (χ1) is 10.8. The maximum Gasteiger partial charge on any atom is 0.132 e. The molecule has 2 atom stereocenters. The molecular weight excluding hydrogens is 270 g/mol. The lowest BCUT2D eigenvalue weighted by Crippen LogP contribution is -2.04. The van der Waals surface area contributed by atoms with Crippen LogP contribution in [-0.4, -0.2) is 12.3 Å². The maximum atomic E-state index is 5.61. The molecule has 1 heterocycles. The van der Waals surface area contributed by atoms with Gasteiger partial charge in [-0.25, -0.2) is 0 Å². The second-order valence-electron chi connectivity index (χ2n) is 7.23. The third kappa shape index (κ3) is 12.5. The van der Waals surface area contributed by atoms with Gasteiger partial charge in [-0.1, -0.05) is 110 Å². The fraction of sp³-hybridized carbons (Fsp3) is 1.00. The molecule has 2 N–H and O–H groups in total. The molecule has 0 aromatic carbocycles. The average Bonchev–Trinajstić information content (AvgIpc) is 3.22. The summed E-state index contributed by atoms with van der Waals surface area (Å²) in [6.07, 6.45) is 24.5. The van der Waals surface area contributed by atoms with E-state index in [9.17, 15) is 0 Å². The molecule has 0 aromatic rings. The highest BCUT2D eigenvalue weighted by molar-refractivity contribution is 4.78. The zero-order valence-electron chi connectivity index (χ0n) is 15.2. The van der Waals surface area contributed by atoms with Crippen molar-refractivity contribution in [2.75, 3.05) is 0 Å². The maximum absolute atomic E-state index is 5.61. The molecule has 2 nitrogen and oxygen atoms in total. The van der Waals surface area contributed by atoms with E-state index in [4.69, 9.17) is 10.5 Å². The molecule has 0 aliphatic carbocycles.